The highest BCUT2D eigenvalue weighted by Gasteiger charge is 1.99. The lowest BCUT2D eigenvalue weighted by Gasteiger charge is -2.07. The summed E-state index contributed by atoms with van der Waals surface area (Å²) in [4.78, 5) is 0. The molecule has 0 bridgehead atoms. The molecule has 0 spiro atoms. The van der Waals surface area contributed by atoms with E-state index in [9.17, 15) is 0 Å². The van der Waals surface area contributed by atoms with Gasteiger partial charge in [-0.3, -0.25) is 0 Å². The SMILES string of the molecule is CC.CC/C=C(\C)c1cc(C)ccc1C.CN(Cl)CCCCl. The molecule has 0 heterocycles. The van der Waals surface area contributed by atoms with E-state index in [1.807, 2.05) is 20.9 Å². The Morgan fingerprint density at radius 3 is 2.23 bits per heavy atom. The molecule has 0 aliphatic carbocycles. The van der Waals surface area contributed by atoms with Crippen molar-refractivity contribution in [3.05, 3.63) is 41.0 Å². The molecule has 0 aromatic heterocycles. The van der Waals surface area contributed by atoms with Crippen LogP contribution in [0.25, 0.3) is 5.57 Å². The van der Waals surface area contributed by atoms with Crippen LogP contribution in [0.4, 0.5) is 0 Å². The third-order valence-corrected chi connectivity index (χ3v) is 3.36. The molecule has 0 saturated heterocycles. The zero-order valence-electron chi connectivity index (χ0n) is 15.3. The first-order valence-electron chi connectivity index (χ1n) is 8.09. The summed E-state index contributed by atoms with van der Waals surface area (Å²) in [6.07, 6.45) is 4.35. The van der Waals surface area contributed by atoms with Gasteiger partial charge in [0.2, 0.25) is 0 Å². The molecule has 1 aromatic carbocycles. The van der Waals surface area contributed by atoms with Gasteiger partial charge in [0.1, 0.15) is 0 Å². The van der Waals surface area contributed by atoms with Gasteiger partial charge in [-0.15, -0.1) is 11.6 Å². The molecule has 3 heteroatoms. The van der Waals surface area contributed by atoms with Gasteiger partial charge < -0.3 is 0 Å². The van der Waals surface area contributed by atoms with Gasteiger partial charge in [0.15, 0.2) is 0 Å². The molecule has 0 N–H and O–H groups in total. The summed E-state index contributed by atoms with van der Waals surface area (Å²) >= 11 is 10.8. The van der Waals surface area contributed by atoms with Crippen molar-refractivity contribution in [2.75, 3.05) is 19.5 Å². The predicted octanol–water partition coefficient (Wildman–Crippen LogP) is 6.84. The zero-order valence-corrected chi connectivity index (χ0v) is 16.9. The molecular weight excluding hydrogens is 313 g/mol. The van der Waals surface area contributed by atoms with Gasteiger partial charge in [-0.25, -0.2) is 4.42 Å². The summed E-state index contributed by atoms with van der Waals surface area (Å²) in [5, 5.41) is 0. The Morgan fingerprint density at radius 2 is 1.82 bits per heavy atom. The summed E-state index contributed by atoms with van der Waals surface area (Å²) in [5.74, 6) is 0.692. The smallest absolute Gasteiger partial charge is 0.0236 e. The average molecular weight is 346 g/mol. The van der Waals surface area contributed by atoms with Gasteiger partial charge in [0, 0.05) is 19.5 Å². The summed E-state index contributed by atoms with van der Waals surface area (Å²) in [6, 6.07) is 6.62. The van der Waals surface area contributed by atoms with Gasteiger partial charge in [0.05, 0.1) is 0 Å². The number of aryl methyl sites for hydroxylation is 2. The fourth-order valence-electron chi connectivity index (χ4n) is 1.85. The second kappa shape index (κ2) is 15.4. The fourth-order valence-corrected chi connectivity index (χ4v) is 2.09. The molecule has 0 atom stereocenters. The minimum absolute atomic E-state index is 0.692. The molecule has 22 heavy (non-hydrogen) atoms. The Morgan fingerprint density at radius 1 is 1.23 bits per heavy atom. The van der Waals surface area contributed by atoms with Gasteiger partial charge >= 0.3 is 0 Å². The maximum absolute atomic E-state index is 5.43. The van der Waals surface area contributed by atoms with E-state index in [-0.39, 0.29) is 0 Å². The Balaban J connectivity index is 0. The molecule has 0 saturated carbocycles. The first-order valence-corrected chi connectivity index (χ1v) is 8.96. The first-order chi connectivity index (χ1) is 10.4. The van der Waals surface area contributed by atoms with E-state index in [1.165, 1.54) is 22.3 Å². The largest absolute Gasteiger partial charge is 0.223 e. The molecule has 1 aromatic rings. The summed E-state index contributed by atoms with van der Waals surface area (Å²) in [6.45, 7) is 13.5. The predicted molar refractivity (Wildman–Crippen MR) is 105 cm³/mol. The second-order valence-corrected chi connectivity index (χ2v) is 5.94. The van der Waals surface area contributed by atoms with Crippen LogP contribution >= 0.6 is 23.4 Å². The lowest BCUT2D eigenvalue weighted by atomic mass is 9.99. The van der Waals surface area contributed by atoms with E-state index in [0.29, 0.717) is 5.88 Å². The summed E-state index contributed by atoms with van der Waals surface area (Å²) < 4.78 is 1.60. The number of rotatable bonds is 5. The minimum Gasteiger partial charge on any atom is -0.223 e. The highest BCUT2D eigenvalue weighted by molar-refractivity contribution is 6.18. The van der Waals surface area contributed by atoms with Crippen LogP contribution in [0.5, 0.6) is 0 Å². The van der Waals surface area contributed by atoms with Crippen LogP contribution in [0.15, 0.2) is 24.3 Å². The van der Waals surface area contributed by atoms with E-state index in [2.05, 4.69) is 52.0 Å². The molecule has 128 valence electrons. The van der Waals surface area contributed by atoms with Crippen molar-refractivity contribution < 1.29 is 0 Å². The van der Waals surface area contributed by atoms with Gasteiger partial charge in [0.25, 0.3) is 0 Å². The molecule has 0 amide bonds. The highest BCUT2D eigenvalue weighted by atomic mass is 35.5. The van der Waals surface area contributed by atoms with Crippen molar-refractivity contribution in [1.29, 1.82) is 0 Å². The number of halogens is 2. The van der Waals surface area contributed by atoms with Crippen molar-refractivity contribution in [2.24, 2.45) is 0 Å². The first kappa shape index (κ1) is 23.8. The maximum atomic E-state index is 5.43. The molecule has 0 radical (unpaired) electrons. The van der Waals surface area contributed by atoms with E-state index in [1.54, 1.807) is 4.42 Å². The molecule has 1 rings (SSSR count). The number of nitrogens with zero attached hydrogens (tertiary/aromatic N) is 1. The molecule has 0 aliphatic rings. The third kappa shape index (κ3) is 12.1. The third-order valence-electron chi connectivity index (χ3n) is 2.93. The summed E-state index contributed by atoms with van der Waals surface area (Å²) in [5.41, 5.74) is 5.49. The zero-order chi connectivity index (χ0) is 17.5. The molecular formula is C19H33Cl2N. The summed E-state index contributed by atoms with van der Waals surface area (Å²) in [7, 11) is 1.81. The number of hydrogen-bond acceptors (Lipinski definition) is 1. The molecule has 0 aliphatic heterocycles. The van der Waals surface area contributed by atoms with E-state index < -0.39 is 0 Å². The molecule has 1 nitrogen and oxygen atoms in total. The van der Waals surface area contributed by atoms with E-state index in [4.69, 9.17) is 23.4 Å². The van der Waals surface area contributed by atoms with E-state index in [0.717, 1.165) is 19.4 Å². The Kier molecular flexibility index (Phi) is 16.6. The molecule has 0 fully saturated rings. The monoisotopic (exact) mass is 345 g/mol. The van der Waals surface area contributed by atoms with Crippen molar-refractivity contribution in [3.8, 4) is 0 Å². The maximum Gasteiger partial charge on any atom is 0.0236 e. The van der Waals surface area contributed by atoms with Crippen molar-refractivity contribution in [1.82, 2.24) is 4.42 Å². The number of alkyl halides is 1. The Bertz CT molecular complexity index is 412. The van der Waals surface area contributed by atoms with Crippen LogP contribution < -0.4 is 0 Å². The van der Waals surface area contributed by atoms with E-state index >= 15 is 0 Å². The van der Waals surface area contributed by atoms with Gasteiger partial charge in [-0.2, -0.15) is 0 Å². The van der Waals surface area contributed by atoms with Crippen LogP contribution in [0, 0.1) is 13.8 Å². The van der Waals surface area contributed by atoms with Crippen molar-refractivity contribution in [3.63, 3.8) is 0 Å². The lowest BCUT2D eigenvalue weighted by molar-refractivity contribution is 0.544. The van der Waals surface area contributed by atoms with Crippen LogP contribution in [0.1, 0.15) is 57.2 Å². The standard InChI is InChI=1S/C13H18.C4H9Cl2N.C2H6/c1-5-6-11(3)13-9-10(2)7-8-12(13)4;1-7(6)4-2-3-5;1-2/h6-9H,5H2,1-4H3;2-4H2,1H3;1-2H3/b11-6+;;. The normalized spacial score (nSPS) is 10.5. The lowest BCUT2D eigenvalue weighted by Crippen LogP contribution is -2.06. The second-order valence-electron chi connectivity index (χ2n) is 4.98. The number of allylic oxidation sites excluding steroid dienone is 2. The Labute approximate surface area is 148 Å². The van der Waals surface area contributed by atoms with Crippen LogP contribution in [-0.4, -0.2) is 23.9 Å². The minimum atomic E-state index is 0.692. The van der Waals surface area contributed by atoms with Crippen LogP contribution in [0.2, 0.25) is 0 Å². The van der Waals surface area contributed by atoms with Crippen molar-refractivity contribution >= 4 is 29.0 Å². The fraction of sp³-hybridized carbons (Fsp3) is 0.579. The van der Waals surface area contributed by atoms with Gasteiger partial charge in [-0.1, -0.05) is 50.6 Å². The number of hydrogen-bond donors (Lipinski definition) is 0. The average Bonchev–Trinajstić information content (AvgIpc) is 2.50. The highest BCUT2D eigenvalue weighted by Crippen LogP contribution is 2.20. The topological polar surface area (TPSA) is 3.24 Å². The quantitative estimate of drug-likeness (QED) is 0.416. The van der Waals surface area contributed by atoms with Crippen LogP contribution in [-0.2, 0) is 0 Å². The number of benzene rings is 1. The Hall–Kier alpha value is -0.500. The van der Waals surface area contributed by atoms with Crippen LogP contribution in [0.3, 0.4) is 0 Å². The molecule has 0 unspecified atom stereocenters. The van der Waals surface area contributed by atoms with Crippen molar-refractivity contribution in [2.45, 2.75) is 54.4 Å². The van der Waals surface area contributed by atoms with Gasteiger partial charge in [-0.05, 0) is 62.1 Å².